The van der Waals surface area contributed by atoms with Crippen LogP contribution in [0.3, 0.4) is 0 Å². The Morgan fingerprint density at radius 1 is 1.47 bits per heavy atom. The highest BCUT2D eigenvalue weighted by Crippen LogP contribution is 2.37. The van der Waals surface area contributed by atoms with Gasteiger partial charge < -0.3 is 4.90 Å². The van der Waals surface area contributed by atoms with Crippen LogP contribution in [0, 0.1) is 0 Å². The Bertz CT molecular complexity index is 406. The molecular weight excluding hydrogens is 190 g/mol. The number of carbonyl (C=O) groups excluding carboxylic acids is 1. The van der Waals surface area contributed by atoms with Crippen molar-refractivity contribution in [1.29, 1.82) is 0 Å². The molecule has 1 aliphatic carbocycles. The van der Waals surface area contributed by atoms with Gasteiger partial charge >= 0.3 is 0 Å². The molecule has 15 heavy (non-hydrogen) atoms. The van der Waals surface area contributed by atoms with Crippen LogP contribution in [0.1, 0.15) is 40.6 Å². The number of aldehydes is 1. The van der Waals surface area contributed by atoms with E-state index in [1.165, 1.54) is 18.5 Å². The molecule has 2 aliphatic rings. The maximum Gasteiger partial charge on any atom is 0.170 e. The van der Waals surface area contributed by atoms with E-state index >= 15 is 0 Å². The first-order valence-corrected chi connectivity index (χ1v) is 5.53. The van der Waals surface area contributed by atoms with Crippen molar-refractivity contribution in [2.75, 3.05) is 13.6 Å². The Hall–Kier alpha value is -1.16. The van der Waals surface area contributed by atoms with Crippen LogP contribution < -0.4 is 0 Å². The molecule has 4 nitrogen and oxygen atoms in total. The molecule has 3 rings (SSSR count). The number of carbonyl (C=O) groups is 1. The molecule has 2 heterocycles. The van der Waals surface area contributed by atoms with Gasteiger partial charge in [-0.05, 0) is 19.9 Å². The quantitative estimate of drug-likeness (QED) is 0.676. The van der Waals surface area contributed by atoms with E-state index in [4.69, 9.17) is 0 Å². The first-order valence-electron chi connectivity index (χ1n) is 5.53. The molecule has 0 aromatic carbocycles. The molecule has 0 saturated heterocycles. The molecule has 1 saturated carbocycles. The summed E-state index contributed by atoms with van der Waals surface area (Å²) in [4.78, 5) is 13.2. The van der Waals surface area contributed by atoms with Crippen LogP contribution >= 0.6 is 0 Å². The first-order chi connectivity index (χ1) is 7.29. The van der Waals surface area contributed by atoms with Gasteiger partial charge in [0.1, 0.15) is 5.69 Å². The molecular formula is C11H15N3O. The van der Waals surface area contributed by atoms with Crippen molar-refractivity contribution < 1.29 is 4.79 Å². The number of nitrogens with zero attached hydrogens (tertiary/aromatic N) is 3. The minimum atomic E-state index is 0.579. The van der Waals surface area contributed by atoms with E-state index in [9.17, 15) is 4.79 Å². The van der Waals surface area contributed by atoms with Crippen LogP contribution in [0.15, 0.2) is 0 Å². The molecule has 4 heteroatoms. The average Bonchev–Trinajstić information content (AvgIpc) is 3.01. The van der Waals surface area contributed by atoms with Crippen LogP contribution in [0.5, 0.6) is 0 Å². The van der Waals surface area contributed by atoms with Gasteiger partial charge in [-0.3, -0.25) is 9.48 Å². The van der Waals surface area contributed by atoms with E-state index in [1.54, 1.807) is 0 Å². The Balaban J connectivity index is 2.07. The molecule has 80 valence electrons. The lowest BCUT2D eigenvalue weighted by molar-refractivity contribution is 0.111. The molecule has 0 atom stereocenters. The molecule has 0 N–H and O–H groups in total. The summed E-state index contributed by atoms with van der Waals surface area (Å²) in [6.07, 6.45) is 4.38. The predicted molar refractivity (Wildman–Crippen MR) is 55.9 cm³/mol. The normalized spacial score (nSPS) is 21.4. The minimum Gasteiger partial charge on any atom is -0.302 e. The fourth-order valence-electron chi connectivity index (χ4n) is 2.32. The van der Waals surface area contributed by atoms with Gasteiger partial charge in [-0.1, -0.05) is 0 Å². The Morgan fingerprint density at radius 3 is 2.93 bits per heavy atom. The van der Waals surface area contributed by atoms with E-state index in [0.29, 0.717) is 11.7 Å². The van der Waals surface area contributed by atoms with Gasteiger partial charge in [0.05, 0.1) is 6.04 Å². The zero-order valence-corrected chi connectivity index (χ0v) is 8.94. The predicted octanol–water partition coefficient (Wildman–Crippen LogP) is 1.02. The second-order valence-electron chi connectivity index (χ2n) is 4.59. The van der Waals surface area contributed by atoms with Crippen molar-refractivity contribution in [2.24, 2.45) is 0 Å². The van der Waals surface area contributed by atoms with E-state index in [1.807, 2.05) is 0 Å². The monoisotopic (exact) mass is 205 g/mol. The summed E-state index contributed by atoms with van der Waals surface area (Å²) in [6.45, 7) is 1.94. The Labute approximate surface area is 88.9 Å². The lowest BCUT2D eigenvalue weighted by Gasteiger charge is -2.23. The zero-order chi connectivity index (χ0) is 10.4. The molecule has 0 unspecified atom stereocenters. The summed E-state index contributed by atoms with van der Waals surface area (Å²) < 4.78 is 2.10. The smallest absolute Gasteiger partial charge is 0.170 e. The van der Waals surface area contributed by atoms with E-state index < -0.39 is 0 Å². The maximum absolute atomic E-state index is 10.9. The highest BCUT2D eigenvalue weighted by molar-refractivity contribution is 5.75. The van der Waals surface area contributed by atoms with E-state index in [0.717, 1.165) is 31.4 Å². The van der Waals surface area contributed by atoms with Crippen molar-refractivity contribution in [1.82, 2.24) is 14.7 Å². The minimum absolute atomic E-state index is 0.579. The summed E-state index contributed by atoms with van der Waals surface area (Å²) in [5.74, 6) is 0. The first kappa shape index (κ1) is 9.09. The molecule has 0 bridgehead atoms. The average molecular weight is 205 g/mol. The third-order valence-electron chi connectivity index (χ3n) is 3.31. The lowest BCUT2D eigenvalue weighted by atomic mass is 10.1. The second-order valence-corrected chi connectivity index (χ2v) is 4.59. The summed E-state index contributed by atoms with van der Waals surface area (Å²) in [6, 6.07) is 0.579. The molecule has 0 spiro atoms. The zero-order valence-electron chi connectivity index (χ0n) is 8.94. The van der Waals surface area contributed by atoms with E-state index in [2.05, 4.69) is 21.7 Å². The fourth-order valence-corrected chi connectivity index (χ4v) is 2.32. The van der Waals surface area contributed by atoms with Gasteiger partial charge in [-0.25, -0.2) is 0 Å². The standard InChI is InChI=1S/C11H15N3O/c1-13-5-4-11-9(6-13)10(7-15)12-14(11)8-2-3-8/h7-8H,2-6H2,1H3. The van der Waals surface area contributed by atoms with Gasteiger partial charge in [0.2, 0.25) is 0 Å². The molecule has 0 radical (unpaired) electrons. The SMILES string of the molecule is CN1CCc2c(c(C=O)nn2C2CC2)C1. The molecule has 1 aromatic heterocycles. The van der Waals surface area contributed by atoms with Crippen molar-refractivity contribution in [3.63, 3.8) is 0 Å². The number of rotatable bonds is 2. The summed E-state index contributed by atoms with van der Waals surface area (Å²) in [5.41, 5.74) is 3.12. The molecule has 1 aliphatic heterocycles. The van der Waals surface area contributed by atoms with Crippen molar-refractivity contribution in [3.8, 4) is 0 Å². The number of aromatic nitrogens is 2. The molecule has 1 fully saturated rings. The second kappa shape index (κ2) is 3.17. The van der Waals surface area contributed by atoms with Crippen LogP contribution in [0.25, 0.3) is 0 Å². The third-order valence-corrected chi connectivity index (χ3v) is 3.31. The van der Waals surface area contributed by atoms with Crippen LogP contribution in [-0.2, 0) is 13.0 Å². The van der Waals surface area contributed by atoms with Gasteiger partial charge in [0.15, 0.2) is 6.29 Å². The summed E-state index contributed by atoms with van der Waals surface area (Å²) in [5, 5.41) is 4.43. The maximum atomic E-state index is 10.9. The van der Waals surface area contributed by atoms with Crippen molar-refractivity contribution in [2.45, 2.75) is 31.8 Å². The van der Waals surface area contributed by atoms with Crippen LogP contribution in [0.4, 0.5) is 0 Å². The van der Waals surface area contributed by atoms with Gasteiger partial charge in [0.25, 0.3) is 0 Å². The number of hydrogen-bond acceptors (Lipinski definition) is 3. The summed E-state index contributed by atoms with van der Waals surface area (Å²) in [7, 11) is 2.09. The summed E-state index contributed by atoms with van der Waals surface area (Å²) >= 11 is 0. The van der Waals surface area contributed by atoms with Crippen molar-refractivity contribution >= 4 is 6.29 Å². The Kier molecular flexibility index (Phi) is 1.92. The fraction of sp³-hybridized carbons (Fsp3) is 0.636. The molecule has 0 amide bonds. The number of hydrogen-bond donors (Lipinski definition) is 0. The topological polar surface area (TPSA) is 38.1 Å². The van der Waals surface area contributed by atoms with E-state index in [-0.39, 0.29) is 0 Å². The number of fused-ring (bicyclic) bond motifs is 1. The highest BCUT2D eigenvalue weighted by atomic mass is 16.1. The Morgan fingerprint density at radius 2 is 2.27 bits per heavy atom. The third kappa shape index (κ3) is 1.40. The molecule has 1 aromatic rings. The van der Waals surface area contributed by atoms with Crippen LogP contribution in [0.2, 0.25) is 0 Å². The largest absolute Gasteiger partial charge is 0.302 e. The van der Waals surface area contributed by atoms with Gasteiger partial charge in [0, 0.05) is 30.8 Å². The van der Waals surface area contributed by atoms with Crippen molar-refractivity contribution in [3.05, 3.63) is 17.0 Å². The number of likely N-dealkylation sites (N-methyl/N-ethyl adjacent to an activating group) is 1. The highest BCUT2D eigenvalue weighted by Gasteiger charge is 2.31. The van der Waals surface area contributed by atoms with Gasteiger partial charge in [-0.2, -0.15) is 5.10 Å². The van der Waals surface area contributed by atoms with Crippen LogP contribution in [-0.4, -0.2) is 34.6 Å². The lowest BCUT2D eigenvalue weighted by Crippen LogP contribution is -2.27. The van der Waals surface area contributed by atoms with Gasteiger partial charge in [-0.15, -0.1) is 0 Å².